The van der Waals surface area contributed by atoms with Crippen molar-refractivity contribution in [2.24, 2.45) is 0 Å². The van der Waals surface area contributed by atoms with Gasteiger partial charge in [0.15, 0.2) is 0 Å². The Morgan fingerprint density at radius 3 is 2.17 bits per heavy atom. The molecule has 0 bridgehead atoms. The van der Waals surface area contributed by atoms with Crippen molar-refractivity contribution in [2.45, 2.75) is 13.3 Å². The molecule has 5 nitrogen and oxygen atoms in total. The molecule has 0 radical (unpaired) electrons. The van der Waals surface area contributed by atoms with E-state index in [0.29, 0.717) is 18.0 Å². The molecule has 0 spiro atoms. The zero-order valence-electron chi connectivity index (χ0n) is 17.3. The maximum atomic E-state index is 12.7. The van der Waals surface area contributed by atoms with E-state index in [1.54, 1.807) is 24.1 Å². The summed E-state index contributed by atoms with van der Waals surface area (Å²) in [6, 6.07) is 25.2. The Balaban J connectivity index is 1.60. The van der Waals surface area contributed by atoms with Gasteiger partial charge in [-0.2, -0.15) is 0 Å². The zero-order valence-corrected chi connectivity index (χ0v) is 17.3. The van der Waals surface area contributed by atoms with Crippen LogP contribution in [0.15, 0.2) is 78.9 Å². The normalized spacial score (nSPS) is 10.3. The number of carbonyl (C=O) groups excluding carboxylic acids is 2. The van der Waals surface area contributed by atoms with Crippen LogP contribution in [0.2, 0.25) is 0 Å². The van der Waals surface area contributed by atoms with Crippen molar-refractivity contribution in [3.8, 4) is 16.9 Å². The van der Waals surface area contributed by atoms with Crippen LogP contribution in [0, 0.1) is 0 Å². The Kier molecular flexibility index (Phi) is 7.22. The number of nitrogens with one attached hydrogen (secondary N) is 1. The molecule has 1 N–H and O–H groups in total. The molecule has 0 aliphatic heterocycles. The van der Waals surface area contributed by atoms with E-state index >= 15 is 0 Å². The molecule has 0 aromatic heterocycles. The second-order valence-corrected chi connectivity index (χ2v) is 6.90. The minimum absolute atomic E-state index is 0.00448. The Morgan fingerprint density at radius 2 is 1.50 bits per heavy atom. The molecule has 2 amide bonds. The molecule has 0 saturated carbocycles. The van der Waals surface area contributed by atoms with Gasteiger partial charge in [0.1, 0.15) is 5.75 Å². The number of amides is 2. The molecule has 154 valence electrons. The first kappa shape index (κ1) is 21.1. The summed E-state index contributed by atoms with van der Waals surface area (Å²) < 4.78 is 5.25. The van der Waals surface area contributed by atoms with Gasteiger partial charge in [-0.1, -0.05) is 66.7 Å². The molecule has 0 aliphatic rings. The number of benzene rings is 3. The van der Waals surface area contributed by atoms with E-state index in [4.69, 9.17) is 4.74 Å². The van der Waals surface area contributed by atoms with Gasteiger partial charge in [-0.3, -0.25) is 9.59 Å². The van der Waals surface area contributed by atoms with Crippen LogP contribution in [-0.4, -0.2) is 36.9 Å². The first-order chi connectivity index (χ1) is 14.6. The largest absolute Gasteiger partial charge is 0.495 e. The average molecular weight is 402 g/mol. The number of likely N-dealkylation sites (N-methyl/N-ethyl adjacent to an activating group) is 1. The second-order valence-electron chi connectivity index (χ2n) is 6.90. The van der Waals surface area contributed by atoms with Crippen molar-refractivity contribution in [3.05, 3.63) is 84.4 Å². The highest BCUT2D eigenvalue weighted by Crippen LogP contribution is 2.23. The molecule has 30 heavy (non-hydrogen) atoms. The number of rotatable bonds is 8. The van der Waals surface area contributed by atoms with E-state index in [9.17, 15) is 9.59 Å². The summed E-state index contributed by atoms with van der Waals surface area (Å²) in [5.41, 5.74) is 3.75. The molecule has 0 saturated heterocycles. The second kappa shape index (κ2) is 10.3. The van der Waals surface area contributed by atoms with Crippen LogP contribution in [-0.2, 0) is 16.0 Å². The summed E-state index contributed by atoms with van der Waals surface area (Å²) in [6.07, 6.45) is 0.255. The number of hydrogen-bond donors (Lipinski definition) is 1. The molecule has 3 aromatic rings. The molecule has 3 aromatic carbocycles. The Labute approximate surface area is 177 Å². The van der Waals surface area contributed by atoms with E-state index in [-0.39, 0.29) is 24.8 Å². The fourth-order valence-electron chi connectivity index (χ4n) is 3.22. The summed E-state index contributed by atoms with van der Waals surface area (Å²) in [7, 11) is 1.55. The van der Waals surface area contributed by atoms with Crippen LogP contribution in [0.5, 0.6) is 5.75 Å². The van der Waals surface area contributed by atoms with Gasteiger partial charge in [-0.05, 0) is 35.7 Å². The van der Waals surface area contributed by atoms with Gasteiger partial charge in [-0.25, -0.2) is 0 Å². The molecule has 0 atom stereocenters. The first-order valence-corrected chi connectivity index (χ1v) is 9.95. The van der Waals surface area contributed by atoms with Crippen LogP contribution < -0.4 is 10.1 Å². The molecule has 5 heteroatoms. The number of anilines is 1. The Hall–Kier alpha value is -3.60. The van der Waals surface area contributed by atoms with Crippen molar-refractivity contribution >= 4 is 17.5 Å². The third-order valence-corrected chi connectivity index (χ3v) is 4.87. The highest BCUT2D eigenvalue weighted by Gasteiger charge is 2.17. The fourth-order valence-corrected chi connectivity index (χ4v) is 3.22. The summed E-state index contributed by atoms with van der Waals surface area (Å²) >= 11 is 0. The van der Waals surface area contributed by atoms with Crippen LogP contribution in [0.25, 0.3) is 11.1 Å². The average Bonchev–Trinajstić information content (AvgIpc) is 2.79. The predicted octanol–water partition coefficient (Wildman–Crippen LogP) is 4.39. The lowest BCUT2D eigenvalue weighted by Gasteiger charge is -2.21. The van der Waals surface area contributed by atoms with E-state index in [1.807, 2.05) is 61.5 Å². The maximum absolute atomic E-state index is 12.7. The lowest BCUT2D eigenvalue weighted by Crippen LogP contribution is -2.38. The third kappa shape index (κ3) is 5.47. The van der Waals surface area contributed by atoms with Gasteiger partial charge < -0.3 is 15.0 Å². The fraction of sp³-hybridized carbons (Fsp3) is 0.200. The van der Waals surface area contributed by atoms with E-state index in [0.717, 1.165) is 16.7 Å². The molecule has 3 rings (SSSR count). The summed E-state index contributed by atoms with van der Waals surface area (Å²) in [4.78, 5) is 26.7. The number of carbonyl (C=O) groups is 2. The number of ether oxygens (including phenoxy) is 1. The summed E-state index contributed by atoms with van der Waals surface area (Å²) in [5, 5.41) is 2.81. The van der Waals surface area contributed by atoms with Crippen molar-refractivity contribution in [3.63, 3.8) is 0 Å². The molecular formula is C25H26N2O3. The maximum Gasteiger partial charge on any atom is 0.244 e. The minimum atomic E-state index is -0.255. The number of methoxy groups -OCH3 is 1. The van der Waals surface area contributed by atoms with Gasteiger partial charge in [0.05, 0.1) is 25.8 Å². The molecule has 0 fully saturated rings. The number of para-hydroxylation sites is 2. The molecular weight excluding hydrogens is 376 g/mol. The van der Waals surface area contributed by atoms with E-state index in [1.165, 1.54) is 0 Å². The molecule has 0 heterocycles. The number of nitrogens with zero attached hydrogens (tertiary/aromatic N) is 1. The summed E-state index contributed by atoms with van der Waals surface area (Å²) in [6.45, 7) is 2.32. The van der Waals surface area contributed by atoms with Gasteiger partial charge in [0.2, 0.25) is 11.8 Å². The van der Waals surface area contributed by atoms with Crippen molar-refractivity contribution in [2.75, 3.05) is 25.5 Å². The highest BCUT2D eigenvalue weighted by atomic mass is 16.5. The van der Waals surface area contributed by atoms with Gasteiger partial charge >= 0.3 is 0 Å². The summed E-state index contributed by atoms with van der Waals surface area (Å²) in [5.74, 6) is 0.244. The lowest BCUT2D eigenvalue weighted by atomic mass is 10.0. The number of hydrogen-bond acceptors (Lipinski definition) is 3. The molecule has 0 unspecified atom stereocenters. The minimum Gasteiger partial charge on any atom is -0.495 e. The molecule has 0 aliphatic carbocycles. The van der Waals surface area contributed by atoms with Gasteiger partial charge in [0, 0.05) is 6.54 Å². The highest BCUT2D eigenvalue weighted by molar-refractivity contribution is 5.95. The standard InChI is InChI=1S/C25H26N2O3/c1-3-27(18-24(28)26-22-11-7-8-12-23(22)30-2)25(29)17-19-13-15-21(16-14-19)20-9-5-4-6-10-20/h4-16H,3,17-18H2,1-2H3,(H,26,28). The van der Waals surface area contributed by atoms with Crippen LogP contribution in [0.1, 0.15) is 12.5 Å². The van der Waals surface area contributed by atoms with E-state index < -0.39 is 0 Å². The van der Waals surface area contributed by atoms with E-state index in [2.05, 4.69) is 17.4 Å². The van der Waals surface area contributed by atoms with Crippen molar-refractivity contribution in [1.82, 2.24) is 4.90 Å². The Morgan fingerprint density at radius 1 is 0.867 bits per heavy atom. The Bertz CT molecular complexity index is 985. The lowest BCUT2D eigenvalue weighted by molar-refractivity contribution is -0.133. The monoisotopic (exact) mass is 402 g/mol. The van der Waals surface area contributed by atoms with Gasteiger partial charge in [-0.15, -0.1) is 0 Å². The van der Waals surface area contributed by atoms with Crippen LogP contribution in [0.3, 0.4) is 0 Å². The zero-order chi connectivity index (χ0) is 21.3. The topological polar surface area (TPSA) is 58.6 Å². The SMILES string of the molecule is CCN(CC(=O)Nc1ccccc1OC)C(=O)Cc1ccc(-c2ccccc2)cc1. The quantitative estimate of drug-likeness (QED) is 0.608. The smallest absolute Gasteiger partial charge is 0.244 e. The predicted molar refractivity (Wildman–Crippen MR) is 119 cm³/mol. The van der Waals surface area contributed by atoms with Crippen LogP contribution >= 0.6 is 0 Å². The first-order valence-electron chi connectivity index (χ1n) is 9.95. The third-order valence-electron chi connectivity index (χ3n) is 4.87. The van der Waals surface area contributed by atoms with Crippen molar-refractivity contribution in [1.29, 1.82) is 0 Å². The van der Waals surface area contributed by atoms with Crippen LogP contribution in [0.4, 0.5) is 5.69 Å². The van der Waals surface area contributed by atoms with Crippen molar-refractivity contribution < 1.29 is 14.3 Å². The van der Waals surface area contributed by atoms with Gasteiger partial charge in [0.25, 0.3) is 0 Å².